The predicted molar refractivity (Wildman–Crippen MR) is 81.2 cm³/mol. The molecule has 0 amide bonds. The van der Waals surface area contributed by atoms with Crippen LogP contribution in [-0.2, 0) is 0 Å². The van der Waals surface area contributed by atoms with Crippen molar-refractivity contribution < 1.29 is 5.11 Å². The molecule has 1 saturated heterocycles. The van der Waals surface area contributed by atoms with Crippen LogP contribution in [0.5, 0.6) is 0 Å². The summed E-state index contributed by atoms with van der Waals surface area (Å²) in [5, 5.41) is 9.89. The number of β-amino-alcohol motifs (C(OH)–C–C–N with tert-alkyl or cyclic N) is 1. The fourth-order valence-corrected chi connectivity index (χ4v) is 3.42. The maximum atomic E-state index is 9.89. The Morgan fingerprint density at radius 1 is 1.05 bits per heavy atom. The van der Waals surface area contributed by atoms with Gasteiger partial charge in [0.05, 0.1) is 5.60 Å². The maximum absolute atomic E-state index is 9.89. The molecule has 2 unspecified atom stereocenters. The van der Waals surface area contributed by atoms with Crippen LogP contribution in [0.4, 0.5) is 0 Å². The standard InChI is InChI=1S/C15H33N3O/c1-12(16)13(14(2,3)4)18-9-7-17(8-10-18)11-15(5,6)19/h12-13,19H,7-11,16H2,1-6H3. The topological polar surface area (TPSA) is 52.7 Å². The maximum Gasteiger partial charge on any atom is 0.0718 e. The Kier molecular flexibility index (Phi) is 5.41. The highest BCUT2D eigenvalue weighted by Gasteiger charge is 2.35. The average molecular weight is 271 g/mol. The fourth-order valence-electron chi connectivity index (χ4n) is 3.42. The summed E-state index contributed by atoms with van der Waals surface area (Å²) in [5.41, 5.74) is 5.79. The van der Waals surface area contributed by atoms with Crippen molar-refractivity contribution in [3.05, 3.63) is 0 Å². The van der Waals surface area contributed by atoms with Gasteiger partial charge in [-0.3, -0.25) is 9.80 Å². The summed E-state index contributed by atoms with van der Waals surface area (Å²) < 4.78 is 0. The number of hydrogen-bond acceptors (Lipinski definition) is 4. The summed E-state index contributed by atoms with van der Waals surface area (Å²) >= 11 is 0. The van der Waals surface area contributed by atoms with E-state index in [-0.39, 0.29) is 11.5 Å². The lowest BCUT2D eigenvalue weighted by atomic mass is 9.81. The van der Waals surface area contributed by atoms with Gasteiger partial charge in [-0.15, -0.1) is 0 Å². The minimum Gasteiger partial charge on any atom is -0.389 e. The summed E-state index contributed by atoms with van der Waals surface area (Å²) in [6, 6.07) is 0.595. The summed E-state index contributed by atoms with van der Waals surface area (Å²) in [6.45, 7) is 17.5. The minimum atomic E-state index is -0.604. The molecule has 1 fully saturated rings. The van der Waals surface area contributed by atoms with Gasteiger partial charge in [0.2, 0.25) is 0 Å². The van der Waals surface area contributed by atoms with Gasteiger partial charge < -0.3 is 10.8 Å². The van der Waals surface area contributed by atoms with E-state index in [4.69, 9.17) is 5.73 Å². The molecule has 1 aliphatic rings. The van der Waals surface area contributed by atoms with Gasteiger partial charge in [-0.2, -0.15) is 0 Å². The normalized spacial score (nSPS) is 23.4. The number of hydrogen-bond donors (Lipinski definition) is 2. The van der Waals surface area contributed by atoms with E-state index in [1.54, 1.807) is 0 Å². The molecule has 1 heterocycles. The molecule has 4 heteroatoms. The molecule has 0 aliphatic carbocycles. The van der Waals surface area contributed by atoms with Gasteiger partial charge in [-0.1, -0.05) is 20.8 Å². The van der Waals surface area contributed by atoms with Crippen molar-refractivity contribution in [1.82, 2.24) is 9.80 Å². The van der Waals surface area contributed by atoms with Crippen molar-refractivity contribution >= 4 is 0 Å². The van der Waals surface area contributed by atoms with E-state index < -0.39 is 5.60 Å². The van der Waals surface area contributed by atoms with Gasteiger partial charge in [-0.25, -0.2) is 0 Å². The van der Waals surface area contributed by atoms with Crippen molar-refractivity contribution in [3.63, 3.8) is 0 Å². The van der Waals surface area contributed by atoms with Crippen LogP contribution in [0, 0.1) is 5.41 Å². The first kappa shape index (κ1) is 16.9. The Balaban J connectivity index is 2.57. The predicted octanol–water partition coefficient (Wildman–Crippen LogP) is 1.14. The summed E-state index contributed by atoms with van der Waals surface area (Å²) in [4.78, 5) is 4.86. The van der Waals surface area contributed by atoms with Crippen molar-refractivity contribution in [2.45, 2.75) is 59.2 Å². The van der Waals surface area contributed by atoms with Crippen LogP contribution in [0.3, 0.4) is 0 Å². The van der Waals surface area contributed by atoms with E-state index >= 15 is 0 Å². The van der Waals surface area contributed by atoms with Crippen LogP contribution < -0.4 is 5.73 Å². The minimum absolute atomic E-state index is 0.181. The van der Waals surface area contributed by atoms with Crippen molar-refractivity contribution in [1.29, 1.82) is 0 Å². The number of aliphatic hydroxyl groups is 1. The Morgan fingerprint density at radius 3 is 1.84 bits per heavy atom. The quantitative estimate of drug-likeness (QED) is 0.805. The van der Waals surface area contributed by atoms with Gasteiger partial charge >= 0.3 is 0 Å². The van der Waals surface area contributed by atoms with E-state index in [1.165, 1.54) is 0 Å². The Morgan fingerprint density at radius 2 is 1.53 bits per heavy atom. The number of piperazine rings is 1. The Hall–Kier alpha value is -0.160. The smallest absolute Gasteiger partial charge is 0.0718 e. The van der Waals surface area contributed by atoms with Crippen molar-refractivity contribution in [2.24, 2.45) is 11.1 Å². The molecule has 3 N–H and O–H groups in total. The second-order valence-electron chi connectivity index (χ2n) is 7.79. The van der Waals surface area contributed by atoms with Crippen LogP contribution >= 0.6 is 0 Å². The molecule has 4 nitrogen and oxygen atoms in total. The molecule has 1 rings (SSSR count). The molecular weight excluding hydrogens is 238 g/mol. The lowest BCUT2D eigenvalue weighted by molar-refractivity contribution is -0.00617. The van der Waals surface area contributed by atoms with Crippen molar-refractivity contribution in [3.8, 4) is 0 Å². The molecule has 0 saturated carbocycles. The van der Waals surface area contributed by atoms with E-state index in [0.29, 0.717) is 6.04 Å². The molecule has 0 radical (unpaired) electrons. The molecular formula is C15H33N3O. The first-order valence-corrected chi connectivity index (χ1v) is 7.45. The van der Waals surface area contributed by atoms with Crippen LogP contribution in [0.25, 0.3) is 0 Å². The monoisotopic (exact) mass is 271 g/mol. The third-order valence-electron chi connectivity index (χ3n) is 3.80. The second-order valence-corrected chi connectivity index (χ2v) is 7.79. The fraction of sp³-hybridized carbons (Fsp3) is 1.00. The number of rotatable bonds is 4. The molecule has 0 bridgehead atoms. The molecule has 0 spiro atoms. The number of nitrogens with zero attached hydrogens (tertiary/aromatic N) is 2. The average Bonchev–Trinajstić information content (AvgIpc) is 2.15. The number of nitrogens with two attached hydrogens (primary N) is 1. The SMILES string of the molecule is CC(N)C(N1CCN(CC(C)(C)O)CC1)C(C)(C)C. The molecule has 0 aromatic heterocycles. The molecule has 2 atom stereocenters. The van der Waals surface area contributed by atoms with E-state index in [2.05, 4.69) is 37.5 Å². The van der Waals surface area contributed by atoms with E-state index in [0.717, 1.165) is 32.7 Å². The van der Waals surface area contributed by atoms with Crippen LogP contribution in [0.1, 0.15) is 41.5 Å². The lowest BCUT2D eigenvalue weighted by Gasteiger charge is -2.47. The third kappa shape index (κ3) is 5.38. The highest BCUT2D eigenvalue weighted by atomic mass is 16.3. The third-order valence-corrected chi connectivity index (χ3v) is 3.80. The van der Waals surface area contributed by atoms with E-state index in [1.807, 2.05) is 13.8 Å². The van der Waals surface area contributed by atoms with Crippen molar-refractivity contribution in [2.75, 3.05) is 32.7 Å². The molecule has 19 heavy (non-hydrogen) atoms. The van der Waals surface area contributed by atoms with Gasteiger partial charge in [0.25, 0.3) is 0 Å². The zero-order chi connectivity index (χ0) is 14.8. The second kappa shape index (κ2) is 6.08. The largest absolute Gasteiger partial charge is 0.389 e. The van der Waals surface area contributed by atoms with Crippen LogP contribution in [-0.4, -0.2) is 65.3 Å². The summed E-state index contributed by atoms with van der Waals surface area (Å²) in [5.74, 6) is 0. The first-order valence-electron chi connectivity index (χ1n) is 7.45. The molecule has 1 aliphatic heterocycles. The van der Waals surface area contributed by atoms with Crippen LogP contribution in [0.15, 0.2) is 0 Å². The first-order chi connectivity index (χ1) is 8.50. The molecule has 0 aromatic carbocycles. The van der Waals surface area contributed by atoms with Gasteiger partial charge in [0.15, 0.2) is 0 Å². The zero-order valence-electron chi connectivity index (χ0n) is 13.6. The summed E-state index contributed by atoms with van der Waals surface area (Å²) in [7, 11) is 0. The van der Waals surface area contributed by atoms with Gasteiger partial charge in [0.1, 0.15) is 0 Å². The van der Waals surface area contributed by atoms with Gasteiger partial charge in [-0.05, 0) is 26.2 Å². The highest BCUT2D eigenvalue weighted by molar-refractivity contribution is 4.91. The van der Waals surface area contributed by atoms with E-state index in [9.17, 15) is 5.11 Å². The Labute approximate surface area is 118 Å². The highest BCUT2D eigenvalue weighted by Crippen LogP contribution is 2.27. The lowest BCUT2D eigenvalue weighted by Crippen LogP contribution is -2.60. The van der Waals surface area contributed by atoms with Crippen LogP contribution in [0.2, 0.25) is 0 Å². The Bertz CT molecular complexity index is 270. The summed E-state index contributed by atoms with van der Waals surface area (Å²) in [6.07, 6.45) is 0. The van der Waals surface area contributed by atoms with Gasteiger partial charge in [0, 0.05) is 44.8 Å². The molecule has 0 aromatic rings. The zero-order valence-corrected chi connectivity index (χ0v) is 13.6. The molecule has 114 valence electrons.